The van der Waals surface area contributed by atoms with Crippen LogP contribution in [-0.2, 0) is 0 Å². The number of rotatable bonds is 3. The first-order valence-electron chi connectivity index (χ1n) is 4.51. The summed E-state index contributed by atoms with van der Waals surface area (Å²) in [5, 5.41) is 3.83. The Bertz CT molecular complexity index is 522. The fraction of sp³-hybridized carbons (Fsp3) is 0.0909. The monoisotopic (exact) mass is 281 g/mol. The van der Waals surface area contributed by atoms with E-state index in [2.05, 4.69) is 21.1 Å². The molecule has 0 bridgehead atoms. The number of aldehydes is 1. The smallest absolute Gasteiger partial charge is 0.213 e. The molecule has 1 aromatic heterocycles. The fourth-order valence-electron chi connectivity index (χ4n) is 1.41. The van der Waals surface area contributed by atoms with Crippen molar-refractivity contribution in [1.82, 2.24) is 5.16 Å². The van der Waals surface area contributed by atoms with E-state index in [1.165, 1.54) is 0 Å². The Morgan fingerprint density at radius 1 is 1.44 bits per heavy atom. The van der Waals surface area contributed by atoms with Gasteiger partial charge in [-0.2, -0.15) is 0 Å². The summed E-state index contributed by atoms with van der Waals surface area (Å²) >= 11 is 3.12. The van der Waals surface area contributed by atoms with Gasteiger partial charge in [0.1, 0.15) is 11.4 Å². The topological polar surface area (TPSA) is 52.3 Å². The molecule has 2 rings (SSSR count). The Morgan fingerprint density at radius 2 is 2.19 bits per heavy atom. The first kappa shape index (κ1) is 10.9. The van der Waals surface area contributed by atoms with Gasteiger partial charge in [0.15, 0.2) is 6.29 Å². The normalized spacial score (nSPS) is 10.1. The quantitative estimate of drug-likeness (QED) is 0.812. The van der Waals surface area contributed by atoms with Gasteiger partial charge < -0.3 is 9.26 Å². The molecule has 0 amide bonds. The van der Waals surface area contributed by atoms with Crippen LogP contribution in [0.4, 0.5) is 0 Å². The molecule has 0 fully saturated rings. The molecule has 0 aliphatic rings. The van der Waals surface area contributed by atoms with Crippen molar-refractivity contribution in [2.75, 3.05) is 7.11 Å². The molecule has 0 saturated carbocycles. The number of benzene rings is 1. The molecule has 0 spiro atoms. The maximum absolute atomic E-state index is 10.9. The predicted octanol–water partition coefficient (Wildman–Crippen LogP) is 2.93. The molecular weight excluding hydrogens is 274 g/mol. The van der Waals surface area contributed by atoms with Crippen LogP contribution < -0.4 is 4.74 Å². The van der Waals surface area contributed by atoms with Gasteiger partial charge >= 0.3 is 0 Å². The van der Waals surface area contributed by atoms with Gasteiger partial charge in [-0.25, -0.2) is 0 Å². The van der Waals surface area contributed by atoms with E-state index in [0.29, 0.717) is 28.0 Å². The molecule has 0 unspecified atom stereocenters. The van der Waals surface area contributed by atoms with Gasteiger partial charge in [-0.05, 0) is 28.1 Å². The zero-order chi connectivity index (χ0) is 11.5. The Labute approximate surface area is 100 Å². The van der Waals surface area contributed by atoms with E-state index in [-0.39, 0.29) is 0 Å². The van der Waals surface area contributed by atoms with Gasteiger partial charge in [0.05, 0.1) is 12.7 Å². The average Bonchev–Trinajstić information content (AvgIpc) is 2.70. The third-order valence-corrected chi connectivity index (χ3v) is 2.74. The molecule has 1 heterocycles. The molecule has 0 saturated heterocycles. The summed E-state index contributed by atoms with van der Waals surface area (Å²) < 4.78 is 10.4. The minimum Gasteiger partial charge on any atom is -0.496 e. The summed E-state index contributed by atoms with van der Waals surface area (Å²) in [5.41, 5.74) is 1.57. The van der Waals surface area contributed by atoms with E-state index in [9.17, 15) is 4.79 Å². The number of para-hydroxylation sites is 1. The van der Waals surface area contributed by atoms with Crippen LogP contribution in [0, 0.1) is 0 Å². The molecular formula is C11H8BrNO3. The molecule has 5 heteroatoms. The van der Waals surface area contributed by atoms with Crippen LogP contribution in [0.2, 0.25) is 0 Å². The van der Waals surface area contributed by atoms with Crippen LogP contribution in [0.1, 0.15) is 10.4 Å². The van der Waals surface area contributed by atoms with Crippen LogP contribution in [0.25, 0.3) is 11.3 Å². The molecule has 82 valence electrons. The lowest BCUT2D eigenvalue weighted by Gasteiger charge is -2.04. The van der Waals surface area contributed by atoms with Crippen LogP contribution in [0.3, 0.4) is 0 Å². The summed E-state index contributed by atoms with van der Waals surface area (Å²) in [6.07, 6.45) is 0.697. The number of hydrogen-bond acceptors (Lipinski definition) is 4. The molecule has 1 aromatic carbocycles. The van der Waals surface area contributed by atoms with E-state index < -0.39 is 0 Å². The first-order chi connectivity index (χ1) is 7.77. The van der Waals surface area contributed by atoms with E-state index >= 15 is 0 Å². The minimum absolute atomic E-state index is 0.323. The second-order valence-corrected chi connectivity index (χ2v) is 3.76. The molecule has 16 heavy (non-hydrogen) atoms. The molecule has 0 aliphatic heterocycles. The SMILES string of the molecule is COc1ccccc1-c1noc(Br)c1C=O. The van der Waals surface area contributed by atoms with Crippen LogP contribution >= 0.6 is 15.9 Å². The number of carbonyl (C=O) groups is 1. The average molecular weight is 282 g/mol. The van der Waals surface area contributed by atoms with Gasteiger partial charge in [-0.1, -0.05) is 17.3 Å². The fourth-order valence-corrected chi connectivity index (χ4v) is 1.77. The van der Waals surface area contributed by atoms with Gasteiger partial charge in [-0.3, -0.25) is 4.79 Å². The minimum atomic E-state index is 0.323. The van der Waals surface area contributed by atoms with Crippen LogP contribution in [0.5, 0.6) is 5.75 Å². The lowest BCUT2D eigenvalue weighted by molar-refractivity contribution is 0.112. The molecule has 0 radical (unpaired) electrons. The van der Waals surface area contributed by atoms with E-state index in [1.807, 2.05) is 18.2 Å². The Hall–Kier alpha value is -1.62. The second kappa shape index (κ2) is 4.49. The summed E-state index contributed by atoms with van der Waals surface area (Å²) in [6.45, 7) is 0. The summed E-state index contributed by atoms with van der Waals surface area (Å²) in [5.74, 6) is 0.645. The Morgan fingerprint density at radius 3 is 2.88 bits per heavy atom. The van der Waals surface area contributed by atoms with E-state index in [1.54, 1.807) is 13.2 Å². The van der Waals surface area contributed by atoms with Crippen molar-refractivity contribution in [2.24, 2.45) is 0 Å². The van der Waals surface area contributed by atoms with Crippen molar-refractivity contribution in [1.29, 1.82) is 0 Å². The Kier molecular flexibility index (Phi) is 3.05. The van der Waals surface area contributed by atoms with Crippen molar-refractivity contribution in [3.63, 3.8) is 0 Å². The number of nitrogens with zero attached hydrogens (tertiary/aromatic N) is 1. The highest BCUT2D eigenvalue weighted by atomic mass is 79.9. The number of aromatic nitrogens is 1. The standard InChI is InChI=1S/C11H8BrNO3/c1-15-9-5-3-2-4-7(9)10-8(6-14)11(12)16-13-10/h2-6H,1H3. The molecule has 4 nitrogen and oxygen atoms in total. The summed E-state index contributed by atoms with van der Waals surface area (Å²) in [7, 11) is 1.56. The maximum atomic E-state index is 10.9. The van der Waals surface area contributed by atoms with Crippen LogP contribution in [-0.4, -0.2) is 18.6 Å². The number of methoxy groups -OCH3 is 1. The molecule has 0 aliphatic carbocycles. The predicted molar refractivity (Wildman–Crippen MR) is 61.6 cm³/mol. The molecule has 0 atom stereocenters. The van der Waals surface area contributed by atoms with Crippen molar-refractivity contribution < 1.29 is 14.1 Å². The summed E-state index contributed by atoms with van der Waals surface area (Å²) in [6, 6.07) is 7.30. The number of hydrogen-bond donors (Lipinski definition) is 0. The number of ether oxygens (including phenoxy) is 1. The second-order valence-electron chi connectivity index (χ2n) is 3.04. The van der Waals surface area contributed by atoms with Gasteiger partial charge in [0, 0.05) is 5.56 Å². The number of halogens is 1. The molecule has 0 N–H and O–H groups in total. The van der Waals surface area contributed by atoms with Crippen molar-refractivity contribution in [3.8, 4) is 17.0 Å². The first-order valence-corrected chi connectivity index (χ1v) is 5.31. The van der Waals surface area contributed by atoms with Crippen LogP contribution in [0.15, 0.2) is 33.5 Å². The highest BCUT2D eigenvalue weighted by molar-refractivity contribution is 9.10. The van der Waals surface area contributed by atoms with Crippen molar-refractivity contribution >= 4 is 22.2 Å². The lowest BCUT2D eigenvalue weighted by Crippen LogP contribution is -1.90. The molecule has 2 aromatic rings. The lowest BCUT2D eigenvalue weighted by atomic mass is 10.1. The number of carbonyl (C=O) groups excluding carboxylic acids is 1. The largest absolute Gasteiger partial charge is 0.496 e. The van der Waals surface area contributed by atoms with E-state index in [4.69, 9.17) is 9.26 Å². The maximum Gasteiger partial charge on any atom is 0.213 e. The third kappa shape index (κ3) is 1.74. The highest BCUT2D eigenvalue weighted by Crippen LogP contribution is 2.33. The summed E-state index contributed by atoms with van der Waals surface area (Å²) in [4.78, 5) is 10.9. The third-order valence-electron chi connectivity index (χ3n) is 2.16. The highest BCUT2D eigenvalue weighted by Gasteiger charge is 2.17. The van der Waals surface area contributed by atoms with Crippen molar-refractivity contribution in [3.05, 3.63) is 34.5 Å². The van der Waals surface area contributed by atoms with Gasteiger partial charge in [0.25, 0.3) is 0 Å². The van der Waals surface area contributed by atoms with Crippen molar-refractivity contribution in [2.45, 2.75) is 0 Å². The Balaban J connectivity index is 2.62. The zero-order valence-electron chi connectivity index (χ0n) is 8.44. The zero-order valence-corrected chi connectivity index (χ0v) is 10.0. The van der Waals surface area contributed by atoms with Gasteiger partial charge in [0.2, 0.25) is 4.67 Å². The van der Waals surface area contributed by atoms with Gasteiger partial charge in [-0.15, -0.1) is 0 Å². The van der Waals surface area contributed by atoms with E-state index in [0.717, 1.165) is 5.56 Å².